The molecule has 1 saturated heterocycles. The second-order valence-electron chi connectivity index (χ2n) is 4.13. The molecule has 5 heteroatoms. The van der Waals surface area contributed by atoms with Crippen LogP contribution in [0.15, 0.2) is 28.7 Å². The number of aliphatic carboxylic acids is 1. The number of carbonyl (C=O) groups is 2. The highest BCUT2D eigenvalue weighted by atomic mass is 79.9. The molecule has 17 heavy (non-hydrogen) atoms. The van der Waals surface area contributed by atoms with Gasteiger partial charge in [-0.15, -0.1) is 0 Å². The Morgan fingerprint density at radius 1 is 1.53 bits per heavy atom. The van der Waals surface area contributed by atoms with Gasteiger partial charge in [0.1, 0.15) is 0 Å². The van der Waals surface area contributed by atoms with Gasteiger partial charge in [0.25, 0.3) is 0 Å². The Balaban J connectivity index is 2.33. The maximum Gasteiger partial charge on any atom is 0.309 e. The summed E-state index contributed by atoms with van der Waals surface area (Å²) >= 11 is 3.34. The summed E-state index contributed by atoms with van der Waals surface area (Å²) in [4.78, 5) is 24.4. The number of nitrogens with zero attached hydrogens (tertiary/aromatic N) is 1. The number of anilines is 1. The minimum atomic E-state index is -0.914. The molecule has 1 aromatic rings. The summed E-state index contributed by atoms with van der Waals surface area (Å²) in [5, 5.41) is 9.03. The zero-order chi connectivity index (χ0) is 12.6. The number of hydrogen-bond acceptors (Lipinski definition) is 2. The van der Waals surface area contributed by atoms with Gasteiger partial charge in [0, 0.05) is 22.6 Å². The molecule has 1 aliphatic rings. The van der Waals surface area contributed by atoms with Crippen molar-refractivity contribution < 1.29 is 14.7 Å². The zero-order valence-electron chi connectivity index (χ0n) is 9.26. The van der Waals surface area contributed by atoms with Crippen LogP contribution in [-0.4, -0.2) is 23.0 Å². The van der Waals surface area contributed by atoms with Gasteiger partial charge in [0.2, 0.25) is 5.91 Å². The summed E-state index contributed by atoms with van der Waals surface area (Å²) in [6.45, 7) is 1.77. The molecule has 2 unspecified atom stereocenters. The molecule has 2 atom stereocenters. The Morgan fingerprint density at radius 2 is 2.24 bits per heavy atom. The molecule has 0 saturated carbocycles. The monoisotopic (exact) mass is 297 g/mol. The van der Waals surface area contributed by atoms with Crippen LogP contribution in [0.4, 0.5) is 5.69 Å². The van der Waals surface area contributed by atoms with Crippen molar-refractivity contribution in [3.63, 3.8) is 0 Å². The minimum absolute atomic E-state index is 0.0724. The molecule has 90 valence electrons. The maximum absolute atomic E-state index is 11.9. The quantitative estimate of drug-likeness (QED) is 0.911. The van der Waals surface area contributed by atoms with Crippen LogP contribution in [0.3, 0.4) is 0 Å². The first-order chi connectivity index (χ1) is 8.00. The molecule has 0 aliphatic carbocycles. The smallest absolute Gasteiger partial charge is 0.309 e. The summed E-state index contributed by atoms with van der Waals surface area (Å²) < 4.78 is 0.869. The number of hydrogen-bond donors (Lipinski definition) is 1. The van der Waals surface area contributed by atoms with E-state index in [1.165, 1.54) is 0 Å². The van der Waals surface area contributed by atoms with E-state index in [1.54, 1.807) is 11.8 Å². The Hall–Kier alpha value is -1.36. The van der Waals surface area contributed by atoms with Crippen molar-refractivity contribution in [1.82, 2.24) is 0 Å². The van der Waals surface area contributed by atoms with Gasteiger partial charge < -0.3 is 10.0 Å². The number of rotatable bonds is 2. The van der Waals surface area contributed by atoms with E-state index in [0.29, 0.717) is 0 Å². The van der Waals surface area contributed by atoms with Gasteiger partial charge >= 0.3 is 5.97 Å². The van der Waals surface area contributed by atoms with Crippen LogP contribution in [0, 0.1) is 5.92 Å². The van der Waals surface area contributed by atoms with E-state index in [1.807, 2.05) is 24.3 Å². The van der Waals surface area contributed by atoms with Crippen LogP contribution < -0.4 is 4.90 Å². The minimum Gasteiger partial charge on any atom is -0.481 e. The number of halogens is 1. The van der Waals surface area contributed by atoms with Crippen molar-refractivity contribution in [2.24, 2.45) is 5.92 Å². The third-order valence-electron chi connectivity index (χ3n) is 3.06. The molecule has 0 bridgehead atoms. The molecule has 0 aromatic heterocycles. The zero-order valence-corrected chi connectivity index (χ0v) is 10.8. The summed E-state index contributed by atoms with van der Waals surface area (Å²) in [6.07, 6.45) is 0.0724. The Labute approximate surface area is 107 Å². The van der Waals surface area contributed by atoms with Crippen LogP contribution in [0.25, 0.3) is 0 Å². The van der Waals surface area contributed by atoms with E-state index in [4.69, 9.17) is 5.11 Å². The third kappa shape index (κ3) is 2.20. The Morgan fingerprint density at radius 3 is 2.76 bits per heavy atom. The second kappa shape index (κ2) is 4.49. The van der Waals surface area contributed by atoms with Crippen LogP contribution in [0.1, 0.15) is 13.3 Å². The lowest BCUT2D eigenvalue weighted by Gasteiger charge is -2.23. The number of carboxylic acids is 1. The second-order valence-corrected chi connectivity index (χ2v) is 5.05. The fourth-order valence-corrected chi connectivity index (χ4v) is 2.55. The van der Waals surface area contributed by atoms with Gasteiger partial charge in [0.15, 0.2) is 0 Å². The lowest BCUT2D eigenvalue weighted by atomic mass is 10.0. The van der Waals surface area contributed by atoms with E-state index in [2.05, 4.69) is 15.9 Å². The first-order valence-corrected chi connectivity index (χ1v) is 6.10. The molecule has 2 rings (SSSR count). The molecular weight excluding hydrogens is 286 g/mol. The first kappa shape index (κ1) is 12.1. The van der Waals surface area contributed by atoms with E-state index in [-0.39, 0.29) is 18.4 Å². The Bertz CT molecular complexity index is 475. The molecule has 1 aromatic carbocycles. The average molecular weight is 298 g/mol. The van der Waals surface area contributed by atoms with Gasteiger partial charge in [-0.05, 0) is 25.1 Å². The fraction of sp³-hybridized carbons (Fsp3) is 0.333. The summed E-state index contributed by atoms with van der Waals surface area (Å²) in [6, 6.07) is 7.01. The van der Waals surface area contributed by atoms with Crippen molar-refractivity contribution in [3.8, 4) is 0 Å². The number of benzene rings is 1. The molecular formula is C12H12BrNO3. The predicted molar refractivity (Wildman–Crippen MR) is 66.8 cm³/mol. The summed E-state index contributed by atoms with van der Waals surface area (Å²) in [5.74, 6) is -1.67. The molecule has 4 nitrogen and oxygen atoms in total. The van der Waals surface area contributed by atoms with Gasteiger partial charge in [-0.1, -0.05) is 22.0 Å². The molecule has 1 N–H and O–H groups in total. The van der Waals surface area contributed by atoms with Crippen molar-refractivity contribution in [2.75, 3.05) is 4.90 Å². The maximum atomic E-state index is 11.9. The largest absolute Gasteiger partial charge is 0.481 e. The normalized spacial score (nSPS) is 24.1. The summed E-state index contributed by atoms with van der Waals surface area (Å²) in [7, 11) is 0. The standard InChI is InChI=1S/C12H12BrNO3/c1-7-10(12(16)17)6-11(15)14(7)9-4-2-3-8(13)5-9/h2-5,7,10H,6H2,1H3,(H,16,17). The molecule has 1 fully saturated rings. The van der Waals surface area contributed by atoms with Gasteiger partial charge in [-0.3, -0.25) is 9.59 Å². The van der Waals surface area contributed by atoms with Crippen molar-refractivity contribution in [2.45, 2.75) is 19.4 Å². The number of carbonyl (C=O) groups excluding carboxylic acids is 1. The van der Waals surface area contributed by atoms with Crippen molar-refractivity contribution in [1.29, 1.82) is 0 Å². The van der Waals surface area contributed by atoms with Gasteiger partial charge in [0.05, 0.1) is 5.92 Å². The SMILES string of the molecule is CC1C(C(=O)O)CC(=O)N1c1cccc(Br)c1. The van der Waals surface area contributed by atoms with Crippen LogP contribution in [0.5, 0.6) is 0 Å². The fourth-order valence-electron chi connectivity index (χ4n) is 2.16. The molecule has 1 aliphatic heterocycles. The van der Waals surface area contributed by atoms with E-state index in [0.717, 1.165) is 10.2 Å². The van der Waals surface area contributed by atoms with Gasteiger partial charge in [-0.2, -0.15) is 0 Å². The highest BCUT2D eigenvalue weighted by molar-refractivity contribution is 9.10. The topological polar surface area (TPSA) is 57.6 Å². The molecule has 0 spiro atoms. The third-order valence-corrected chi connectivity index (χ3v) is 3.55. The van der Waals surface area contributed by atoms with Crippen molar-refractivity contribution in [3.05, 3.63) is 28.7 Å². The first-order valence-electron chi connectivity index (χ1n) is 5.31. The van der Waals surface area contributed by atoms with E-state index in [9.17, 15) is 9.59 Å². The molecule has 0 radical (unpaired) electrons. The van der Waals surface area contributed by atoms with Crippen molar-refractivity contribution >= 4 is 33.5 Å². The molecule has 1 heterocycles. The average Bonchev–Trinajstić information content (AvgIpc) is 2.54. The lowest BCUT2D eigenvalue weighted by Crippen LogP contribution is -2.34. The summed E-state index contributed by atoms with van der Waals surface area (Å²) in [5.41, 5.74) is 0.737. The van der Waals surface area contributed by atoms with E-state index >= 15 is 0 Å². The van der Waals surface area contributed by atoms with Gasteiger partial charge in [-0.25, -0.2) is 0 Å². The number of amides is 1. The van der Waals surface area contributed by atoms with Crippen LogP contribution in [-0.2, 0) is 9.59 Å². The number of carboxylic acid groups (broad SMARTS) is 1. The molecule has 1 amide bonds. The van der Waals surface area contributed by atoms with Crippen LogP contribution >= 0.6 is 15.9 Å². The van der Waals surface area contributed by atoms with Crippen LogP contribution in [0.2, 0.25) is 0 Å². The highest BCUT2D eigenvalue weighted by Gasteiger charge is 2.41. The lowest BCUT2D eigenvalue weighted by molar-refractivity contribution is -0.142. The Kier molecular flexibility index (Phi) is 3.19. The highest BCUT2D eigenvalue weighted by Crippen LogP contribution is 2.32. The van der Waals surface area contributed by atoms with E-state index < -0.39 is 11.9 Å². The predicted octanol–water partition coefficient (Wildman–Crippen LogP) is 2.28.